The van der Waals surface area contributed by atoms with Crippen LogP contribution in [-0.2, 0) is 4.79 Å². The normalized spacial score (nSPS) is 14.5. The predicted molar refractivity (Wildman–Crippen MR) is 95.2 cm³/mol. The fourth-order valence-corrected chi connectivity index (χ4v) is 2.35. The van der Waals surface area contributed by atoms with Gasteiger partial charge in [-0.05, 0) is 18.6 Å². The van der Waals surface area contributed by atoms with Crippen LogP contribution in [0, 0.1) is 6.92 Å². The molecule has 0 radical (unpaired) electrons. The third-order valence-electron chi connectivity index (χ3n) is 3.33. The first-order valence-electron chi connectivity index (χ1n) is 6.67. The maximum atomic E-state index is 12.1. The first kappa shape index (κ1) is 21.3. The highest BCUT2D eigenvalue weighted by Gasteiger charge is 2.15. The lowest BCUT2D eigenvalue weighted by molar-refractivity contribution is -0.117. The minimum atomic E-state index is -0.0353. The summed E-state index contributed by atoms with van der Waals surface area (Å²) in [5, 5.41) is 6.78. The van der Waals surface area contributed by atoms with E-state index < -0.39 is 0 Å². The van der Waals surface area contributed by atoms with Gasteiger partial charge in [-0.2, -0.15) is 0 Å². The number of anilines is 1. The lowest BCUT2D eigenvalue weighted by Gasteiger charge is -2.26. The molecule has 0 unspecified atom stereocenters. The van der Waals surface area contributed by atoms with E-state index in [0.29, 0.717) is 23.0 Å². The minimum absolute atomic E-state index is 0. The van der Waals surface area contributed by atoms with Crippen LogP contribution in [-0.4, -0.2) is 50.6 Å². The zero-order valence-electron chi connectivity index (χ0n) is 12.6. The topological polar surface area (TPSA) is 53.6 Å². The summed E-state index contributed by atoms with van der Waals surface area (Å²) >= 11 is 6.05. The average molecular weight is 371 g/mol. The van der Waals surface area contributed by atoms with Crippen LogP contribution in [0.15, 0.2) is 12.1 Å². The minimum Gasteiger partial charge on any atom is -0.495 e. The van der Waals surface area contributed by atoms with Gasteiger partial charge in [-0.1, -0.05) is 11.6 Å². The van der Waals surface area contributed by atoms with E-state index in [4.69, 9.17) is 16.3 Å². The van der Waals surface area contributed by atoms with Gasteiger partial charge >= 0.3 is 0 Å². The lowest BCUT2D eigenvalue weighted by atomic mass is 10.2. The van der Waals surface area contributed by atoms with Crippen molar-refractivity contribution in [2.24, 2.45) is 0 Å². The van der Waals surface area contributed by atoms with Crippen molar-refractivity contribution in [3.63, 3.8) is 0 Å². The number of rotatable bonds is 4. The van der Waals surface area contributed by atoms with E-state index in [9.17, 15) is 4.79 Å². The Morgan fingerprint density at radius 3 is 2.59 bits per heavy atom. The van der Waals surface area contributed by atoms with E-state index in [-0.39, 0.29) is 30.7 Å². The molecule has 0 saturated carbocycles. The Bertz CT molecular complexity index is 494. The number of carbonyl (C=O) groups excluding carboxylic acids is 1. The van der Waals surface area contributed by atoms with Crippen molar-refractivity contribution in [1.82, 2.24) is 10.2 Å². The van der Waals surface area contributed by atoms with Gasteiger partial charge in [0, 0.05) is 37.3 Å². The van der Waals surface area contributed by atoms with Crippen LogP contribution < -0.4 is 15.4 Å². The Morgan fingerprint density at radius 2 is 2.00 bits per heavy atom. The number of nitrogens with one attached hydrogen (secondary N) is 2. The van der Waals surface area contributed by atoms with E-state index in [1.165, 1.54) is 0 Å². The summed E-state index contributed by atoms with van der Waals surface area (Å²) in [4.78, 5) is 14.2. The molecule has 126 valence electrons. The fraction of sp³-hybridized carbons (Fsp3) is 0.500. The monoisotopic (exact) mass is 369 g/mol. The molecule has 1 aromatic rings. The fourth-order valence-electron chi connectivity index (χ4n) is 2.19. The third-order valence-corrected chi connectivity index (χ3v) is 3.74. The molecule has 1 saturated heterocycles. The molecule has 8 heteroatoms. The lowest BCUT2D eigenvalue weighted by Crippen LogP contribution is -2.46. The third kappa shape index (κ3) is 5.82. The number of amides is 1. The number of nitrogens with zero attached hydrogens (tertiary/aromatic N) is 1. The molecule has 0 atom stereocenters. The van der Waals surface area contributed by atoms with E-state index in [1.54, 1.807) is 13.2 Å². The molecular weight excluding hydrogens is 349 g/mol. The summed E-state index contributed by atoms with van der Waals surface area (Å²) in [6.07, 6.45) is 0. The van der Waals surface area contributed by atoms with Gasteiger partial charge in [0.2, 0.25) is 5.91 Å². The van der Waals surface area contributed by atoms with Crippen molar-refractivity contribution >= 4 is 48.0 Å². The number of carbonyl (C=O) groups is 1. The number of hydrogen-bond acceptors (Lipinski definition) is 4. The first-order valence-corrected chi connectivity index (χ1v) is 7.05. The number of hydrogen-bond donors (Lipinski definition) is 2. The predicted octanol–water partition coefficient (Wildman–Crippen LogP) is 2.34. The smallest absolute Gasteiger partial charge is 0.238 e. The molecule has 1 fully saturated rings. The zero-order chi connectivity index (χ0) is 14.5. The highest BCUT2D eigenvalue weighted by Crippen LogP contribution is 2.30. The van der Waals surface area contributed by atoms with Crippen LogP contribution in [0.4, 0.5) is 5.69 Å². The van der Waals surface area contributed by atoms with E-state index in [2.05, 4.69) is 15.5 Å². The van der Waals surface area contributed by atoms with E-state index in [0.717, 1.165) is 31.7 Å². The Balaban J connectivity index is 0.00000220. The molecule has 2 rings (SSSR count). The summed E-state index contributed by atoms with van der Waals surface area (Å²) in [6.45, 7) is 5.93. The molecule has 1 aromatic carbocycles. The van der Waals surface area contributed by atoms with Crippen molar-refractivity contribution in [2.45, 2.75) is 6.92 Å². The van der Waals surface area contributed by atoms with Crippen LogP contribution in [0.3, 0.4) is 0 Å². The maximum absolute atomic E-state index is 12.1. The van der Waals surface area contributed by atoms with Gasteiger partial charge in [0.15, 0.2) is 0 Å². The van der Waals surface area contributed by atoms with Gasteiger partial charge in [-0.25, -0.2) is 0 Å². The second-order valence-corrected chi connectivity index (χ2v) is 5.28. The molecule has 1 aliphatic rings. The molecule has 2 N–H and O–H groups in total. The Morgan fingerprint density at radius 1 is 1.36 bits per heavy atom. The number of halogens is 3. The van der Waals surface area contributed by atoms with Gasteiger partial charge in [0.25, 0.3) is 0 Å². The van der Waals surface area contributed by atoms with Crippen LogP contribution >= 0.6 is 36.4 Å². The molecule has 0 spiro atoms. The second-order valence-electron chi connectivity index (χ2n) is 4.88. The standard InChI is InChI=1S/C14H20ClN3O2.2ClH/c1-10-7-12(13(20-2)8-11(10)15)17-14(19)9-18-5-3-16-4-6-18;;/h7-8,16H,3-6,9H2,1-2H3,(H,17,19);2*1H. The Kier molecular flexibility index (Phi) is 9.80. The molecule has 0 aromatic heterocycles. The van der Waals surface area contributed by atoms with Crippen molar-refractivity contribution in [2.75, 3.05) is 45.2 Å². The Labute approximate surface area is 148 Å². The SMILES string of the molecule is COc1cc(Cl)c(C)cc1NC(=O)CN1CCNCC1.Cl.Cl. The quantitative estimate of drug-likeness (QED) is 0.854. The van der Waals surface area contributed by atoms with Crippen molar-refractivity contribution < 1.29 is 9.53 Å². The van der Waals surface area contributed by atoms with Gasteiger partial charge in [-0.15, -0.1) is 24.8 Å². The zero-order valence-corrected chi connectivity index (χ0v) is 15.0. The number of piperazine rings is 1. The number of ether oxygens (including phenoxy) is 1. The van der Waals surface area contributed by atoms with Gasteiger partial charge in [0.1, 0.15) is 5.75 Å². The van der Waals surface area contributed by atoms with E-state index in [1.807, 2.05) is 13.0 Å². The molecule has 1 aliphatic heterocycles. The van der Waals surface area contributed by atoms with Crippen LogP contribution in [0.5, 0.6) is 5.75 Å². The summed E-state index contributed by atoms with van der Waals surface area (Å²) in [5.74, 6) is 0.543. The largest absolute Gasteiger partial charge is 0.495 e. The molecule has 1 amide bonds. The molecule has 5 nitrogen and oxygen atoms in total. The maximum Gasteiger partial charge on any atom is 0.238 e. The van der Waals surface area contributed by atoms with Crippen LogP contribution in [0.2, 0.25) is 5.02 Å². The summed E-state index contributed by atoms with van der Waals surface area (Å²) in [5.41, 5.74) is 1.57. The Hall–Kier alpha value is -0.720. The number of benzene rings is 1. The molecule has 22 heavy (non-hydrogen) atoms. The van der Waals surface area contributed by atoms with Crippen molar-refractivity contribution in [3.8, 4) is 5.75 Å². The van der Waals surface area contributed by atoms with Gasteiger partial charge in [0.05, 0.1) is 19.3 Å². The van der Waals surface area contributed by atoms with Crippen LogP contribution in [0.1, 0.15) is 5.56 Å². The molecule has 0 aliphatic carbocycles. The van der Waals surface area contributed by atoms with Crippen molar-refractivity contribution in [3.05, 3.63) is 22.7 Å². The molecular formula is C14H22Cl3N3O2. The summed E-state index contributed by atoms with van der Waals surface area (Å²) in [7, 11) is 1.56. The number of aryl methyl sites for hydroxylation is 1. The molecule has 1 heterocycles. The highest BCUT2D eigenvalue weighted by molar-refractivity contribution is 6.31. The average Bonchev–Trinajstić information content (AvgIpc) is 2.43. The summed E-state index contributed by atoms with van der Waals surface area (Å²) in [6, 6.07) is 3.55. The summed E-state index contributed by atoms with van der Waals surface area (Å²) < 4.78 is 5.25. The highest BCUT2D eigenvalue weighted by atomic mass is 35.5. The second kappa shape index (κ2) is 10.1. The first-order chi connectivity index (χ1) is 9.60. The molecule has 0 bridgehead atoms. The van der Waals surface area contributed by atoms with Gasteiger partial charge < -0.3 is 15.4 Å². The van der Waals surface area contributed by atoms with Crippen molar-refractivity contribution in [1.29, 1.82) is 0 Å². The van der Waals surface area contributed by atoms with Gasteiger partial charge in [-0.3, -0.25) is 9.69 Å². The van der Waals surface area contributed by atoms with E-state index >= 15 is 0 Å². The van der Waals surface area contributed by atoms with Crippen LogP contribution in [0.25, 0.3) is 0 Å². The number of methoxy groups -OCH3 is 1.